The van der Waals surface area contributed by atoms with Crippen LogP contribution in [0.1, 0.15) is 20.7 Å². The van der Waals surface area contributed by atoms with Gasteiger partial charge in [-0.05, 0) is 29.1 Å². The number of fused-ring (bicyclic) bond motifs is 1. The fourth-order valence-electron chi connectivity index (χ4n) is 3.67. The lowest BCUT2D eigenvalue weighted by Crippen LogP contribution is -2.51. The molecule has 7 nitrogen and oxygen atoms in total. The molecule has 7 heteroatoms. The van der Waals surface area contributed by atoms with Crippen LogP contribution in [0.25, 0.3) is 10.8 Å². The number of carbonyl (C=O) groups is 3. The van der Waals surface area contributed by atoms with Gasteiger partial charge in [0.15, 0.2) is 6.61 Å². The van der Waals surface area contributed by atoms with Crippen molar-refractivity contribution in [3.05, 3.63) is 77.9 Å². The van der Waals surface area contributed by atoms with Gasteiger partial charge in [-0.3, -0.25) is 9.59 Å². The number of carbonyl (C=O) groups excluding carboxylic acids is 3. The molecule has 1 aliphatic heterocycles. The minimum absolute atomic E-state index is 0.0368. The molecule has 2 amide bonds. The molecule has 0 bridgehead atoms. The van der Waals surface area contributed by atoms with E-state index in [0.717, 1.165) is 10.8 Å². The van der Waals surface area contributed by atoms with E-state index in [9.17, 15) is 19.5 Å². The van der Waals surface area contributed by atoms with Crippen molar-refractivity contribution in [3.8, 4) is 5.75 Å². The standard InChI is InChI=1S/C24H22N2O5/c27-22(16-31-21-10-4-6-17-5-1-2-9-20(17)21)25-11-13-26(14-12-25)23(28)18-7-3-8-19(15-18)24(29)30/h1-10,15H,11-14,16H2,(H,29,30)/p-1. The van der Waals surface area contributed by atoms with Crippen LogP contribution >= 0.6 is 0 Å². The lowest BCUT2D eigenvalue weighted by molar-refractivity contribution is -0.255. The first-order valence-electron chi connectivity index (χ1n) is 10.0. The van der Waals surface area contributed by atoms with Crippen LogP contribution in [0.15, 0.2) is 66.7 Å². The Labute approximate surface area is 179 Å². The molecule has 3 aromatic carbocycles. The van der Waals surface area contributed by atoms with Crippen LogP contribution in [0.4, 0.5) is 0 Å². The van der Waals surface area contributed by atoms with E-state index in [0.29, 0.717) is 37.5 Å². The molecule has 1 aliphatic rings. The summed E-state index contributed by atoms with van der Waals surface area (Å²) in [6.07, 6.45) is 0. The Bertz CT molecular complexity index is 1130. The van der Waals surface area contributed by atoms with Crippen LogP contribution in [0.3, 0.4) is 0 Å². The van der Waals surface area contributed by atoms with Gasteiger partial charge in [-0.1, -0.05) is 48.5 Å². The number of piperazine rings is 1. The molecule has 1 fully saturated rings. The second kappa shape index (κ2) is 8.87. The first kappa shape index (κ1) is 20.4. The average molecular weight is 417 g/mol. The molecule has 0 aromatic heterocycles. The SMILES string of the molecule is O=C([O-])c1cccc(C(=O)N2CCN(C(=O)COc3cccc4ccccc34)CC2)c1. The molecule has 158 valence electrons. The van der Waals surface area contributed by atoms with Gasteiger partial charge in [0.1, 0.15) is 5.75 Å². The highest BCUT2D eigenvalue weighted by Gasteiger charge is 2.25. The zero-order chi connectivity index (χ0) is 21.8. The van der Waals surface area contributed by atoms with Crippen molar-refractivity contribution < 1.29 is 24.2 Å². The smallest absolute Gasteiger partial charge is 0.260 e. The molecule has 0 spiro atoms. The summed E-state index contributed by atoms with van der Waals surface area (Å²) < 4.78 is 5.78. The van der Waals surface area contributed by atoms with E-state index >= 15 is 0 Å². The van der Waals surface area contributed by atoms with Gasteiger partial charge in [-0.2, -0.15) is 0 Å². The van der Waals surface area contributed by atoms with Gasteiger partial charge < -0.3 is 24.4 Å². The monoisotopic (exact) mass is 417 g/mol. The third-order valence-corrected chi connectivity index (χ3v) is 5.37. The van der Waals surface area contributed by atoms with Gasteiger partial charge in [-0.25, -0.2) is 0 Å². The van der Waals surface area contributed by atoms with Gasteiger partial charge in [0, 0.05) is 37.1 Å². The molecular weight excluding hydrogens is 396 g/mol. The molecule has 0 saturated carbocycles. The Morgan fingerprint density at radius 1 is 0.806 bits per heavy atom. The third-order valence-electron chi connectivity index (χ3n) is 5.37. The number of rotatable bonds is 5. The van der Waals surface area contributed by atoms with E-state index < -0.39 is 5.97 Å². The van der Waals surface area contributed by atoms with E-state index in [-0.39, 0.29) is 24.0 Å². The third kappa shape index (κ3) is 4.50. The molecule has 0 N–H and O–H groups in total. The van der Waals surface area contributed by atoms with E-state index in [4.69, 9.17) is 4.74 Å². The summed E-state index contributed by atoms with van der Waals surface area (Å²) in [5.74, 6) is -1.06. The fraction of sp³-hybridized carbons (Fsp3) is 0.208. The normalized spacial score (nSPS) is 13.8. The minimum Gasteiger partial charge on any atom is -0.545 e. The van der Waals surface area contributed by atoms with Crippen molar-refractivity contribution in [1.82, 2.24) is 9.80 Å². The van der Waals surface area contributed by atoms with E-state index in [1.807, 2.05) is 42.5 Å². The number of nitrogens with zero attached hydrogens (tertiary/aromatic N) is 2. The maximum Gasteiger partial charge on any atom is 0.260 e. The average Bonchev–Trinajstić information content (AvgIpc) is 2.82. The molecule has 0 radical (unpaired) electrons. The van der Waals surface area contributed by atoms with Crippen LogP contribution in [0.2, 0.25) is 0 Å². The van der Waals surface area contributed by atoms with Crippen molar-refractivity contribution in [2.24, 2.45) is 0 Å². The summed E-state index contributed by atoms with van der Waals surface area (Å²) in [7, 11) is 0. The van der Waals surface area contributed by atoms with Crippen molar-refractivity contribution in [2.45, 2.75) is 0 Å². The van der Waals surface area contributed by atoms with Crippen molar-refractivity contribution in [2.75, 3.05) is 32.8 Å². The summed E-state index contributed by atoms with van der Waals surface area (Å²) in [4.78, 5) is 39.6. The number of hydrogen-bond acceptors (Lipinski definition) is 5. The quantitative estimate of drug-likeness (QED) is 0.629. The summed E-state index contributed by atoms with van der Waals surface area (Å²) in [5, 5.41) is 13.0. The van der Waals surface area contributed by atoms with Gasteiger partial charge in [0.2, 0.25) is 0 Å². The first-order valence-corrected chi connectivity index (χ1v) is 10.0. The van der Waals surface area contributed by atoms with Crippen LogP contribution in [-0.2, 0) is 4.79 Å². The molecule has 0 unspecified atom stereocenters. The Balaban J connectivity index is 1.33. The Kier molecular flexibility index (Phi) is 5.84. The Hall–Kier alpha value is -3.87. The van der Waals surface area contributed by atoms with Crippen LogP contribution in [0, 0.1) is 0 Å². The van der Waals surface area contributed by atoms with Crippen molar-refractivity contribution in [3.63, 3.8) is 0 Å². The second-order valence-corrected chi connectivity index (χ2v) is 7.31. The zero-order valence-corrected chi connectivity index (χ0v) is 16.8. The highest BCUT2D eigenvalue weighted by Crippen LogP contribution is 2.25. The highest BCUT2D eigenvalue weighted by atomic mass is 16.5. The molecule has 31 heavy (non-hydrogen) atoms. The second-order valence-electron chi connectivity index (χ2n) is 7.31. The maximum atomic E-state index is 12.7. The van der Waals surface area contributed by atoms with Gasteiger partial charge in [-0.15, -0.1) is 0 Å². The van der Waals surface area contributed by atoms with Crippen LogP contribution in [-0.4, -0.2) is 60.4 Å². The molecule has 0 atom stereocenters. The zero-order valence-electron chi connectivity index (χ0n) is 16.8. The lowest BCUT2D eigenvalue weighted by Gasteiger charge is -2.34. The lowest BCUT2D eigenvalue weighted by atomic mass is 10.1. The maximum absolute atomic E-state index is 12.7. The van der Waals surface area contributed by atoms with E-state index in [1.165, 1.54) is 18.2 Å². The molecule has 3 aromatic rings. The summed E-state index contributed by atoms with van der Waals surface area (Å²) in [6, 6.07) is 19.3. The first-order chi connectivity index (χ1) is 15.0. The van der Waals surface area contributed by atoms with Gasteiger partial charge >= 0.3 is 0 Å². The minimum atomic E-state index is -1.32. The number of carboxylic acids is 1. The molecule has 0 aliphatic carbocycles. The molecule has 1 saturated heterocycles. The van der Waals surface area contributed by atoms with Crippen molar-refractivity contribution in [1.29, 1.82) is 0 Å². The topological polar surface area (TPSA) is 90.0 Å². The van der Waals surface area contributed by atoms with Gasteiger partial charge in [0.05, 0.1) is 5.97 Å². The largest absolute Gasteiger partial charge is 0.545 e. The number of ether oxygens (including phenoxy) is 1. The van der Waals surface area contributed by atoms with Gasteiger partial charge in [0.25, 0.3) is 11.8 Å². The molecule has 4 rings (SSSR count). The number of benzene rings is 3. The fourth-order valence-corrected chi connectivity index (χ4v) is 3.67. The van der Waals surface area contributed by atoms with E-state index in [2.05, 4.69) is 0 Å². The van der Waals surface area contributed by atoms with Crippen molar-refractivity contribution >= 4 is 28.6 Å². The number of carboxylic acid groups (broad SMARTS) is 1. The number of hydrogen-bond donors (Lipinski definition) is 0. The van der Waals surface area contributed by atoms with E-state index in [1.54, 1.807) is 15.9 Å². The predicted octanol–water partition coefficient (Wildman–Crippen LogP) is 1.57. The Morgan fingerprint density at radius 3 is 2.23 bits per heavy atom. The Morgan fingerprint density at radius 2 is 1.45 bits per heavy atom. The highest BCUT2D eigenvalue weighted by molar-refractivity contribution is 5.97. The number of amides is 2. The summed E-state index contributed by atoms with van der Waals surface area (Å²) in [5.41, 5.74) is 0.256. The van der Waals surface area contributed by atoms with Crippen LogP contribution in [0.5, 0.6) is 5.75 Å². The summed E-state index contributed by atoms with van der Waals surface area (Å²) >= 11 is 0. The molecular formula is C24H21N2O5-. The molecule has 1 heterocycles. The van der Waals surface area contributed by atoms with Crippen LogP contribution < -0.4 is 9.84 Å². The predicted molar refractivity (Wildman–Crippen MR) is 113 cm³/mol. The summed E-state index contributed by atoms with van der Waals surface area (Å²) in [6.45, 7) is 1.45. The number of aromatic carboxylic acids is 1.